The van der Waals surface area contributed by atoms with E-state index in [1.807, 2.05) is 30.6 Å². The zero-order valence-corrected chi connectivity index (χ0v) is 23.7. The monoisotopic (exact) mass is 566 g/mol. The van der Waals surface area contributed by atoms with E-state index in [-0.39, 0.29) is 5.92 Å². The minimum Gasteiger partial charge on any atom is -0.307 e. The highest BCUT2D eigenvalue weighted by atomic mass is 15.2. The number of nitrogens with zero attached hydrogens (tertiary/aromatic N) is 6. The number of rotatable bonds is 4. The summed E-state index contributed by atoms with van der Waals surface area (Å²) in [7, 11) is 0. The Morgan fingerprint density at radius 3 is 2.14 bits per heavy atom. The fourth-order valence-electron chi connectivity index (χ4n) is 6.58. The average Bonchev–Trinajstić information content (AvgIpc) is 3.62. The predicted octanol–water partition coefficient (Wildman–Crippen LogP) is 8.73. The van der Waals surface area contributed by atoms with Crippen LogP contribution in [0.2, 0.25) is 0 Å². The van der Waals surface area contributed by atoms with Gasteiger partial charge in [0.2, 0.25) is 5.95 Å². The molecule has 0 spiro atoms. The molecule has 9 rings (SSSR count). The van der Waals surface area contributed by atoms with Crippen molar-refractivity contribution in [3.63, 3.8) is 0 Å². The maximum atomic E-state index is 5.21. The molecule has 1 unspecified atom stereocenters. The quantitative estimate of drug-likeness (QED) is 0.214. The average molecular weight is 567 g/mol. The Morgan fingerprint density at radius 2 is 1.32 bits per heavy atom. The number of hydrogen-bond donors (Lipinski definition) is 0. The largest absolute Gasteiger partial charge is 0.307 e. The van der Waals surface area contributed by atoms with Gasteiger partial charge in [0.15, 0.2) is 5.82 Å². The van der Waals surface area contributed by atoms with Gasteiger partial charge in [-0.15, -0.1) is 0 Å². The van der Waals surface area contributed by atoms with E-state index in [0.29, 0.717) is 11.8 Å². The Kier molecular flexibility index (Phi) is 5.53. The molecule has 0 radical (unpaired) electrons. The van der Waals surface area contributed by atoms with E-state index in [2.05, 4.69) is 123 Å². The van der Waals surface area contributed by atoms with E-state index in [1.54, 1.807) is 0 Å². The molecule has 1 atom stereocenters. The first-order valence-corrected chi connectivity index (χ1v) is 14.9. The Balaban J connectivity index is 1.45. The number of hydrogen-bond acceptors (Lipinski definition) is 4. The van der Waals surface area contributed by atoms with Gasteiger partial charge in [0, 0.05) is 51.1 Å². The minimum atomic E-state index is 0.0646. The summed E-state index contributed by atoms with van der Waals surface area (Å²) < 4.78 is 4.58. The summed E-state index contributed by atoms with van der Waals surface area (Å²) in [4.78, 5) is 19.9. The van der Waals surface area contributed by atoms with Crippen molar-refractivity contribution >= 4 is 43.6 Å². The van der Waals surface area contributed by atoms with Crippen LogP contribution in [0.1, 0.15) is 18.2 Å². The van der Waals surface area contributed by atoms with Crippen molar-refractivity contribution in [1.29, 1.82) is 0 Å². The summed E-state index contributed by atoms with van der Waals surface area (Å²) >= 11 is 0. The molecule has 6 heteroatoms. The van der Waals surface area contributed by atoms with Crippen molar-refractivity contribution in [2.24, 2.45) is 0 Å². The van der Waals surface area contributed by atoms with Gasteiger partial charge >= 0.3 is 0 Å². The van der Waals surface area contributed by atoms with Crippen LogP contribution in [0, 0.1) is 0 Å². The molecule has 0 saturated carbocycles. The highest BCUT2D eigenvalue weighted by Crippen LogP contribution is 2.41. The van der Waals surface area contributed by atoms with Gasteiger partial charge < -0.3 is 4.57 Å². The molecular weight excluding hydrogens is 540 g/mol. The molecule has 0 saturated heterocycles. The van der Waals surface area contributed by atoms with Gasteiger partial charge in [0.05, 0.1) is 22.1 Å². The van der Waals surface area contributed by atoms with Crippen LogP contribution in [0.3, 0.4) is 0 Å². The summed E-state index contributed by atoms with van der Waals surface area (Å²) in [5, 5.41) is 4.53. The maximum Gasteiger partial charge on any atom is 0.238 e. The molecule has 0 amide bonds. The zero-order valence-electron chi connectivity index (χ0n) is 23.7. The Labute approximate surface area is 253 Å². The molecule has 0 fully saturated rings. The second kappa shape index (κ2) is 9.85. The van der Waals surface area contributed by atoms with Crippen molar-refractivity contribution in [3.05, 3.63) is 146 Å². The first kappa shape index (κ1) is 24.7. The lowest BCUT2D eigenvalue weighted by molar-refractivity contribution is 0.750. The SMILES string of the molecule is C1=CCC(c2nc(-c3ccccc3)nc(-n3c4ccncc4c4ccc5c6ccccc6n(-c6ccccc6)c5c43)n2)C=C1. The number of pyridine rings is 1. The fourth-order valence-corrected chi connectivity index (χ4v) is 6.58. The van der Waals surface area contributed by atoms with Gasteiger partial charge in [-0.05, 0) is 30.7 Å². The van der Waals surface area contributed by atoms with Crippen LogP contribution in [0.15, 0.2) is 140 Å². The number of fused-ring (bicyclic) bond motifs is 7. The fraction of sp³-hybridized carbons (Fsp3) is 0.0526. The first-order valence-electron chi connectivity index (χ1n) is 14.9. The molecule has 8 aromatic rings. The molecular formula is C38H26N6. The molecule has 0 N–H and O–H groups in total. The molecule has 0 aliphatic heterocycles. The lowest BCUT2D eigenvalue weighted by Crippen LogP contribution is -2.11. The Bertz CT molecular complexity index is 2420. The number of allylic oxidation sites excluding steroid dienone is 4. The highest BCUT2D eigenvalue weighted by Gasteiger charge is 2.24. The van der Waals surface area contributed by atoms with Crippen molar-refractivity contribution < 1.29 is 0 Å². The van der Waals surface area contributed by atoms with Crippen LogP contribution in [0.4, 0.5) is 0 Å². The molecule has 4 heterocycles. The second-order valence-corrected chi connectivity index (χ2v) is 11.1. The molecule has 208 valence electrons. The molecule has 6 nitrogen and oxygen atoms in total. The van der Waals surface area contributed by atoms with Crippen molar-refractivity contribution in [1.82, 2.24) is 29.1 Å². The van der Waals surface area contributed by atoms with Crippen molar-refractivity contribution in [2.75, 3.05) is 0 Å². The van der Waals surface area contributed by atoms with Gasteiger partial charge in [-0.2, -0.15) is 9.97 Å². The first-order chi connectivity index (χ1) is 21.8. The van der Waals surface area contributed by atoms with Crippen LogP contribution in [-0.4, -0.2) is 29.1 Å². The predicted molar refractivity (Wildman–Crippen MR) is 177 cm³/mol. The highest BCUT2D eigenvalue weighted by molar-refractivity contribution is 6.23. The zero-order chi connectivity index (χ0) is 29.0. The Hall–Kier alpha value is -5.88. The molecule has 0 bridgehead atoms. The van der Waals surface area contributed by atoms with Crippen LogP contribution in [0.25, 0.3) is 66.6 Å². The van der Waals surface area contributed by atoms with Crippen LogP contribution < -0.4 is 0 Å². The summed E-state index contributed by atoms with van der Waals surface area (Å²) in [6.45, 7) is 0. The molecule has 4 aromatic heterocycles. The minimum absolute atomic E-state index is 0.0646. The standard InChI is InChI=1S/C38H26N6/c1-4-12-25(13-5-1)36-40-37(26-14-6-2-7-15-26)42-38(41-36)44-33-22-23-39-24-31(33)30-21-20-29-28-18-10-11-19-32(28)43(34(29)35(30)44)27-16-8-3-9-17-27/h1-14,16-24,26H,15H2. The van der Waals surface area contributed by atoms with E-state index < -0.39 is 0 Å². The van der Waals surface area contributed by atoms with Crippen LogP contribution in [-0.2, 0) is 0 Å². The number of aromatic nitrogens is 6. The second-order valence-electron chi connectivity index (χ2n) is 11.1. The van der Waals surface area contributed by atoms with Gasteiger partial charge in [-0.25, -0.2) is 4.98 Å². The maximum absolute atomic E-state index is 5.21. The third-order valence-corrected chi connectivity index (χ3v) is 8.56. The topological polar surface area (TPSA) is 61.4 Å². The summed E-state index contributed by atoms with van der Waals surface area (Å²) in [5.74, 6) is 2.08. The molecule has 1 aliphatic rings. The summed E-state index contributed by atoms with van der Waals surface area (Å²) in [5.41, 5.74) is 6.36. The molecule has 44 heavy (non-hydrogen) atoms. The van der Waals surface area contributed by atoms with E-state index in [1.165, 1.54) is 10.8 Å². The smallest absolute Gasteiger partial charge is 0.238 e. The third kappa shape index (κ3) is 3.74. The number of para-hydroxylation sites is 2. The summed E-state index contributed by atoms with van der Waals surface area (Å²) in [6.07, 6.45) is 13.1. The van der Waals surface area contributed by atoms with Crippen molar-refractivity contribution in [3.8, 4) is 23.0 Å². The van der Waals surface area contributed by atoms with E-state index >= 15 is 0 Å². The van der Waals surface area contributed by atoms with E-state index in [4.69, 9.17) is 15.0 Å². The van der Waals surface area contributed by atoms with Gasteiger partial charge in [-0.3, -0.25) is 9.55 Å². The van der Waals surface area contributed by atoms with Crippen LogP contribution >= 0.6 is 0 Å². The van der Waals surface area contributed by atoms with Crippen LogP contribution in [0.5, 0.6) is 0 Å². The summed E-state index contributed by atoms with van der Waals surface area (Å²) in [6, 6.07) is 35.9. The van der Waals surface area contributed by atoms with Gasteiger partial charge in [0.25, 0.3) is 0 Å². The van der Waals surface area contributed by atoms with Gasteiger partial charge in [0.1, 0.15) is 5.82 Å². The normalized spacial score (nSPS) is 14.8. The Morgan fingerprint density at radius 1 is 0.591 bits per heavy atom. The molecule has 1 aliphatic carbocycles. The van der Waals surface area contributed by atoms with Gasteiger partial charge in [-0.1, -0.05) is 103 Å². The van der Waals surface area contributed by atoms with E-state index in [9.17, 15) is 0 Å². The number of benzene rings is 4. The molecule has 4 aromatic carbocycles. The lowest BCUT2D eigenvalue weighted by atomic mass is 10.00. The lowest BCUT2D eigenvalue weighted by Gasteiger charge is -2.16. The third-order valence-electron chi connectivity index (χ3n) is 8.56. The van der Waals surface area contributed by atoms with Crippen molar-refractivity contribution in [2.45, 2.75) is 12.3 Å². The van der Waals surface area contributed by atoms with E-state index in [0.717, 1.165) is 56.3 Å².